The average molecular weight is 274 g/mol. The molecule has 2 rings (SSSR count). The Hall–Kier alpha value is -0.610. The van der Waals surface area contributed by atoms with Gasteiger partial charge in [-0.05, 0) is 54.0 Å². The Morgan fingerprint density at radius 2 is 2.20 bits per heavy atom. The van der Waals surface area contributed by atoms with Crippen molar-refractivity contribution in [3.8, 4) is 5.75 Å². The van der Waals surface area contributed by atoms with Crippen molar-refractivity contribution in [1.82, 2.24) is 5.32 Å². The first-order chi connectivity index (χ1) is 7.19. The second-order valence-electron chi connectivity index (χ2n) is 3.77. The lowest BCUT2D eigenvalue weighted by Gasteiger charge is -2.35. The molecule has 0 atom stereocenters. The predicted octanol–water partition coefficient (Wildman–Crippen LogP) is 2.72. The van der Waals surface area contributed by atoms with E-state index in [1.165, 1.54) is 6.07 Å². The van der Waals surface area contributed by atoms with Gasteiger partial charge in [-0.1, -0.05) is 0 Å². The van der Waals surface area contributed by atoms with Crippen molar-refractivity contribution >= 4 is 15.9 Å². The van der Waals surface area contributed by atoms with Gasteiger partial charge in [0.05, 0.1) is 4.47 Å². The molecule has 0 aromatic heterocycles. The molecule has 0 amide bonds. The van der Waals surface area contributed by atoms with E-state index in [1.807, 2.05) is 7.05 Å². The van der Waals surface area contributed by atoms with E-state index in [1.54, 1.807) is 12.1 Å². The number of hydrogen-bond donors (Lipinski definition) is 1. The van der Waals surface area contributed by atoms with Crippen molar-refractivity contribution in [3.63, 3.8) is 0 Å². The molecule has 0 spiro atoms. The van der Waals surface area contributed by atoms with Crippen molar-refractivity contribution in [2.75, 3.05) is 7.05 Å². The maximum absolute atomic E-state index is 12.9. The van der Waals surface area contributed by atoms with Crippen LogP contribution in [-0.2, 0) is 0 Å². The van der Waals surface area contributed by atoms with Gasteiger partial charge in [0.2, 0.25) is 0 Å². The van der Waals surface area contributed by atoms with Crippen LogP contribution in [0.3, 0.4) is 0 Å². The quantitative estimate of drug-likeness (QED) is 0.915. The minimum atomic E-state index is -0.260. The SMILES string of the molecule is CNC1CC(Oc2ccc(F)c(Br)c2)C1. The summed E-state index contributed by atoms with van der Waals surface area (Å²) in [6.45, 7) is 0. The molecule has 0 heterocycles. The lowest BCUT2D eigenvalue weighted by Crippen LogP contribution is -2.45. The first-order valence-corrected chi connectivity index (χ1v) is 5.77. The minimum absolute atomic E-state index is 0.260. The third-order valence-corrected chi connectivity index (χ3v) is 3.30. The fourth-order valence-corrected chi connectivity index (χ4v) is 2.00. The van der Waals surface area contributed by atoms with Gasteiger partial charge in [0.25, 0.3) is 0 Å². The van der Waals surface area contributed by atoms with E-state index in [0.717, 1.165) is 18.6 Å². The van der Waals surface area contributed by atoms with E-state index in [4.69, 9.17) is 4.74 Å². The molecule has 0 bridgehead atoms. The smallest absolute Gasteiger partial charge is 0.137 e. The summed E-state index contributed by atoms with van der Waals surface area (Å²) in [6, 6.07) is 5.31. The average Bonchev–Trinajstić information content (AvgIpc) is 2.16. The maximum Gasteiger partial charge on any atom is 0.137 e. The monoisotopic (exact) mass is 273 g/mol. The Morgan fingerprint density at radius 3 is 2.80 bits per heavy atom. The number of hydrogen-bond acceptors (Lipinski definition) is 2. The van der Waals surface area contributed by atoms with Gasteiger partial charge in [-0.3, -0.25) is 0 Å². The highest BCUT2D eigenvalue weighted by molar-refractivity contribution is 9.10. The van der Waals surface area contributed by atoms with Crippen molar-refractivity contribution in [3.05, 3.63) is 28.5 Å². The zero-order chi connectivity index (χ0) is 10.8. The second kappa shape index (κ2) is 4.49. The largest absolute Gasteiger partial charge is 0.490 e. The molecule has 82 valence electrons. The van der Waals surface area contributed by atoms with Crippen LogP contribution in [0.15, 0.2) is 22.7 Å². The van der Waals surface area contributed by atoms with Gasteiger partial charge in [0, 0.05) is 6.04 Å². The van der Waals surface area contributed by atoms with Crippen molar-refractivity contribution in [2.45, 2.75) is 25.0 Å². The van der Waals surface area contributed by atoms with Crippen LogP contribution in [0.4, 0.5) is 4.39 Å². The number of halogens is 2. The van der Waals surface area contributed by atoms with Crippen LogP contribution in [0.25, 0.3) is 0 Å². The Kier molecular flexibility index (Phi) is 3.26. The molecule has 1 aliphatic rings. The van der Waals surface area contributed by atoms with E-state index < -0.39 is 0 Å². The van der Waals surface area contributed by atoms with Gasteiger partial charge in [-0.2, -0.15) is 0 Å². The van der Waals surface area contributed by atoms with Crippen LogP contribution >= 0.6 is 15.9 Å². The molecule has 0 radical (unpaired) electrons. The summed E-state index contributed by atoms with van der Waals surface area (Å²) < 4.78 is 19.1. The van der Waals surface area contributed by atoms with Crippen LogP contribution in [0.2, 0.25) is 0 Å². The fourth-order valence-electron chi connectivity index (χ4n) is 1.64. The van der Waals surface area contributed by atoms with Crippen molar-refractivity contribution < 1.29 is 9.13 Å². The summed E-state index contributed by atoms with van der Waals surface area (Å²) in [5.74, 6) is 0.465. The van der Waals surface area contributed by atoms with E-state index >= 15 is 0 Å². The van der Waals surface area contributed by atoms with Crippen LogP contribution in [0.5, 0.6) is 5.75 Å². The topological polar surface area (TPSA) is 21.3 Å². The Labute approximate surface area is 96.9 Å². The zero-order valence-electron chi connectivity index (χ0n) is 8.47. The third kappa shape index (κ3) is 2.49. The summed E-state index contributed by atoms with van der Waals surface area (Å²) in [5, 5.41) is 3.19. The number of ether oxygens (including phenoxy) is 1. The van der Waals surface area contributed by atoms with Gasteiger partial charge in [0.1, 0.15) is 17.7 Å². The minimum Gasteiger partial charge on any atom is -0.490 e. The van der Waals surface area contributed by atoms with Gasteiger partial charge < -0.3 is 10.1 Å². The summed E-state index contributed by atoms with van der Waals surface area (Å²) in [5.41, 5.74) is 0. The van der Waals surface area contributed by atoms with Crippen LogP contribution < -0.4 is 10.1 Å². The Balaban J connectivity index is 1.92. The number of rotatable bonds is 3. The molecule has 1 aliphatic carbocycles. The van der Waals surface area contributed by atoms with Gasteiger partial charge >= 0.3 is 0 Å². The normalized spacial score (nSPS) is 24.7. The lowest BCUT2D eigenvalue weighted by atomic mass is 9.89. The molecule has 15 heavy (non-hydrogen) atoms. The van der Waals surface area contributed by atoms with E-state index in [0.29, 0.717) is 10.5 Å². The summed E-state index contributed by atoms with van der Waals surface area (Å²) in [4.78, 5) is 0. The highest BCUT2D eigenvalue weighted by Gasteiger charge is 2.29. The van der Waals surface area contributed by atoms with E-state index in [2.05, 4.69) is 21.2 Å². The van der Waals surface area contributed by atoms with Crippen LogP contribution in [0, 0.1) is 5.82 Å². The van der Waals surface area contributed by atoms with Gasteiger partial charge in [0.15, 0.2) is 0 Å². The summed E-state index contributed by atoms with van der Waals surface area (Å²) in [7, 11) is 1.95. The molecule has 1 fully saturated rings. The third-order valence-electron chi connectivity index (χ3n) is 2.70. The molecule has 0 unspecified atom stereocenters. The zero-order valence-corrected chi connectivity index (χ0v) is 10.1. The number of benzene rings is 1. The molecule has 1 saturated carbocycles. The van der Waals surface area contributed by atoms with Crippen molar-refractivity contribution in [2.24, 2.45) is 0 Å². The first kappa shape index (κ1) is 10.9. The van der Waals surface area contributed by atoms with Crippen LogP contribution in [0.1, 0.15) is 12.8 Å². The molecule has 0 aliphatic heterocycles. The maximum atomic E-state index is 12.9. The first-order valence-electron chi connectivity index (χ1n) is 4.98. The molecule has 1 aromatic carbocycles. The summed E-state index contributed by atoms with van der Waals surface area (Å²) >= 11 is 3.13. The number of nitrogens with one attached hydrogen (secondary N) is 1. The fraction of sp³-hybridized carbons (Fsp3) is 0.455. The highest BCUT2D eigenvalue weighted by Crippen LogP contribution is 2.28. The standard InChI is InChI=1S/C11H13BrFNO/c1-14-7-4-9(5-7)15-8-2-3-11(13)10(12)6-8/h2-3,6-7,9,14H,4-5H2,1H3. The molecule has 1 aromatic rings. The van der Waals surface area contributed by atoms with Crippen molar-refractivity contribution in [1.29, 1.82) is 0 Å². The van der Waals surface area contributed by atoms with E-state index in [-0.39, 0.29) is 11.9 Å². The predicted molar refractivity (Wildman–Crippen MR) is 60.6 cm³/mol. The highest BCUT2D eigenvalue weighted by atomic mass is 79.9. The van der Waals surface area contributed by atoms with Crippen LogP contribution in [-0.4, -0.2) is 19.2 Å². The molecular formula is C11H13BrFNO. The Morgan fingerprint density at radius 1 is 1.47 bits per heavy atom. The van der Waals surface area contributed by atoms with Gasteiger partial charge in [-0.15, -0.1) is 0 Å². The second-order valence-corrected chi connectivity index (χ2v) is 4.63. The van der Waals surface area contributed by atoms with E-state index in [9.17, 15) is 4.39 Å². The Bertz CT molecular complexity index is 352. The molecule has 0 saturated heterocycles. The molecule has 4 heteroatoms. The van der Waals surface area contributed by atoms with Gasteiger partial charge in [-0.25, -0.2) is 4.39 Å². The lowest BCUT2D eigenvalue weighted by molar-refractivity contribution is 0.0883. The molecule has 1 N–H and O–H groups in total. The molecule has 2 nitrogen and oxygen atoms in total. The molecular weight excluding hydrogens is 261 g/mol. The summed E-state index contributed by atoms with van der Waals surface area (Å²) in [6.07, 6.45) is 2.30.